The first kappa shape index (κ1) is 12.0. The van der Waals surface area contributed by atoms with E-state index in [0.29, 0.717) is 6.04 Å². The number of nitrogens with one attached hydrogen (secondary N) is 2. The summed E-state index contributed by atoms with van der Waals surface area (Å²) in [5.74, 6) is 0.843. The molecule has 1 atom stereocenters. The van der Waals surface area contributed by atoms with Crippen molar-refractivity contribution in [1.29, 1.82) is 0 Å². The van der Waals surface area contributed by atoms with E-state index >= 15 is 0 Å². The molecule has 1 saturated heterocycles. The Kier molecular flexibility index (Phi) is 4.75. The Morgan fingerprint density at radius 1 is 1.56 bits per heavy atom. The van der Waals surface area contributed by atoms with Crippen molar-refractivity contribution in [3.8, 4) is 0 Å². The number of hydrogen-bond donors (Lipinski definition) is 2. The predicted molar refractivity (Wildman–Crippen MR) is 68.7 cm³/mol. The van der Waals surface area contributed by atoms with Crippen molar-refractivity contribution in [2.24, 2.45) is 5.92 Å². The van der Waals surface area contributed by atoms with Gasteiger partial charge in [-0.05, 0) is 44.8 Å². The molecule has 0 bridgehead atoms. The largest absolute Gasteiger partial charge is 0.317 e. The van der Waals surface area contributed by atoms with Crippen molar-refractivity contribution in [3.63, 3.8) is 0 Å². The monoisotopic (exact) mass is 239 g/mol. The van der Waals surface area contributed by atoms with Crippen LogP contribution in [0, 0.1) is 5.92 Å². The maximum Gasteiger partial charge on any atom is 0.109 e. The van der Waals surface area contributed by atoms with Gasteiger partial charge in [0.2, 0.25) is 0 Å². The van der Waals surface area contributed by atoms with E-state index in [1.807, 2.05) is 6.20 Å². The summed E-state index contributed by atoms with van der Waals surface area (Å²) >= 11 is 1.76. The fourth-order valence-electron chi connectivity index (χ4n) is 2.21. The molecule has 4 heteroatoms. The number of rotatable bonds is 5. The van der Waals surface area contributed by atoms with Gasteiger partial charge in [-0.2, -0.15) is 0 Å². The molecule has 1 unspecified atom stereocenters. The Bertz CT molecular complexity index is 280. The Morgan fingerprint density at radius 2 is 2.38 bits per heavy atom. The number of thiazole rings is 1. The topological polar surface area (TPSA) is 37.0 Å². The van der Waals surface area contributed by atoms with Gasteiger partial charge in [0.05, 0.1) is 6.04 Å². The van der Waals surface area contributed by atoms with Gasteiger partial charge in [0.1, 0.15) is 5.01 Å². The summed E-state index contributed by atoms with van der Waals surface area (Å²) in [6.07, 6.45) is 5.63. The number of hydrogen-bond acceptors (Lipinski definition) is 4. The van der Waals surface area contributed by atoms with E-state index in [4.69, 9.17) is 0 Å². The van der Waals surface area contributed by atoms with Crippen molar-refractivity contribution in [1.82, 2.24) is 15.6 Å². The normalized spacial score (nSPS) is 19.8. The Morgan fingerprint density at radius 3 is 3.00 bits per heavy atom. The fraction of sp³-hybridized carbons (Fsp3) is 0.750. The summed E-state index contributed by atoms with van der Waals surface area (Å²) < 4.78 is 0. The van der Waals surface area contributed by atoms with Gasteiger partial charge in [0, 0.05) is 11.6 Å². The average Bonchev–Trinajstić information content (AvgIpc) is 2.85. The zero-order chi connectivity index (χ0) is 11.2. The van der Waals surface area contributed by atoms with E-state index < -0.39 is 0 Å². The molecule has 0 spiro atoms. The summed E-state index contributed by atoms with van der Waals surface area (Å²) in [7, 11) is 0. The lowest BCUT2D eigenvalue weighted by Gasteiger charge is -2.25. The maximum atomic E-state index is 4.39. The third-order valence-electron chi connectivity index (χ3n) is 3.27. The van der Waals surface area contributed by atoms with Crippen LogP contribution in [0.1, 0.15) is 37.2 Å². The third kappa shape index (κ3) is 3.27. The van der Waals surface area contributed by atoms with Gasteiger partial charge in [0.15, 0.2) is 0 Å². The van der Waals surface area contributed by atoms with Crippen molar-refractivity contribution in [2.45, 2.75) is 32.2 Å². The smallest absolute Gasteiger partial charge is 0.109 e. The van der Waals surface area contributed by atoms with Gasteiger partial charge < -0.3 is 10.6 Å². The van der Waals surface area contributed by atoms with E-state index in [1.165, 1.54) is 30.9 Å². The zero-order valence-corrected chi connectivity index (χ0v) is 10.7. The molecular weight excluding hydrogens is 218 g/mol. The minimum Gasteiger partial charge on any atom is -0.317 e. The number of piperidine rings is 1. The van der Waals surface area contributed by atoms with Crippen molar-refractivity contribution < 1.29 is 0 Å². The second kappa shape index (κ2) is 6.33. The molecule has 1 aliphatic rings. The van der Waals surface area contributed by atoms with Gasteiger partial charge in [-0.3, -0.25) is 0 Å². The molecule has 1 aromatic rings. The molecular formula is C12H21N3S. The first-order valence-electron chi connectivity index (χ1n) is 6.23. The standard InChI is InChI=1S/C12H21N3S/c1-2-11(12-14-7-8-16-12)15-9-10-3-5-13-6-4-10/h7-8,10-11,13,15H,2-6,9H2,1H3. The first-order valence-corrected chi connectivity index (χ1v) is 7.11. The molecule has 2 rings (SSSR count). The lowest BCUT2D eigenvalue weighted by molar-refractivity contribution is 0.338. The molecule has 2 N–H and O–H groups in total. The highest BCUT2D eigenvalue weighted by Gasteiger charge is 2.16. The van der Waals surface area contributed by atoms with E-state index in [9.17, 15) is 0 Å². The molecule has 0 saturated carbocycles. The lowest BCUT2D eigenvalue weighted by atomic mass is 9.98. The van der Waals surface area contributed by atoms with Crippen LogP contribution in [0.25, 0.3) is 0 Å². The van der Waals surface area contributed by atoms with Crippen LogP contribution in [0.2, 0.25) is 0 Å². The van der Waals surface area contributed by atoms with Crippen LogP contribution in [-0.4, -0.2) is 24.6 Å². The van der Waals surface area contributed by atoms with Crippen LogP contribution in [0.4, 0.5) is 0 Å². The molecule has 1 aromatic heterocycles. The number of nitrogens with zero attached hydrogens (tertiary/aromatic N) is 1. The van der Waals surface area contributed by atoms with Crippen LogP contribution in [-0.2, 0) is 0 Å². The van der Waals surface area contributed by atoms with E-state index in [-0.39, 0.29) is 0 Å². The first-order chi connectivity index (χ1) is 7.90. The highest BCUT2D eigenvalue weighted by atomic mass is 32.1. The molecule has 0 aromatic carbocycles. The number of aromatic nitrogens is 1. The van der Waals surface area contributed by atoms with Crippen molar-refractivity contribution in [2.75, 3.05) is 19.6 Å². The second-order valence-corrected chi connectivity index (χ2v) is 5.36. The molecule has 16 heavy (non-hydrogen) atoms. The summed E-state index contributed by atoms with van der Waals surface area (Å²) in [6.45, 7) is 5.72. The van der Waals surface area contributed by atoms with Crippen LogP contribution < -0.4 is 10.6 Å². The molecule has 1 fully saturated rings. The van der Waals surface area contributed by atoms with Gasteiger partial charge >= 0.3 is 0 Å². The Balaban J connectivity index is 1.78. The molecule has 3 nitrogen and oxygen atoms in total. The molecule has 2 heterocycles. The van der Waals surface area contributed by atoms with Crippen LogP contribution in [0.15, 0.2) is 11.6 Å². The molecule has 0 aliphatic carbocycles. The highest BCUT2D eigenvalue weighted by molar-refractivity contribution is 7.09. The minimum atomic E-state index is 0.454. The minimum absolute atomic E-state index is 0.454. The average molecular weight is 239 g/mol. The van der Waals surface area contributed by atoms with Crippen LogP contribution in [0.3, 0.4) is 0 Å². The van der Waals surface area contributed by atoms with Crippen molar-refractivity contribution >= 4 is 11.3 Å². The SMILES string of the molecule is CCC(NCC1CCNCC1)c1nccs1. The summed E-state index contributed by atoms with van der Waals surface area (Å²) in [4.78, 5) is 4.39. The Labute approximate surface area is 102 Å². The third-order valence-corrected chi connectivity index (χ3v) is 4.16. The van der Waals surface area contributed by atoms with Gasteiger partial charge in [0.25, 0.3) is 0 Å². The second-order valence-electron chi connectivity index (χ2n) is 4.43. The van der Waals surface area contributed by atoms with Crippen LogP contribution >= 0.6 is 11.3 Å². The van der Waals surface area contributed by atoms with Gasteiger partial charge in [-0.25, -0.2) is 4.98 Å². The van der Waals surface area contributed by atoms with Gasteiger partial charge in [-0.15, -0.1) is 11.3 Å². The summed E-state index contributed by atoms with van der Waals surface area (Å²) in [5, 5.41) is 10.4. The fourth-order valence-corrected chi connectivity index (χ4v) is 3.00. The summed E-state index contributed by atoms with van der Waals surface area (Å²) in [5.41, 5.74) is 0. The van der Waals surface area contributed by atoms with Gasteiger partial charge in [-0.1, -0.05) is 6.92 Å². The zero-order valence-electron chi connectivity index (χ0n) is 9.91. The Hall–Kier alpha value is -0.450. The maximum absolute atomic E-state index is 4.39. The summed E-state index contributed by atoms with van der Waals surface area (Å²) in [6, 6.07) is 0.454. The van der Waals surface area contributed by atoms with Crippen LogP contribution in [0.5, 0.6) is 0 Å². The molecule has 0 amide bonds. The predicted octanol–water partition coefficient (Wildman–Crippen LogP) is 2.18. The molecule has 1 aliphatic heterocycles. The quantitative estimate of drug-likeness (QED) is 0.827. The molecule has 0 radical (unpaired) electrons. The highest BCUT2D eigenvalue weighted by Crippen LogP contribution is 2.20. The van der Waals surface area contributed by atoms with E-state index in [0.717, 1.165) is 18.9 Å². The van der Waals surface area contributed by atoms with Crippen molar-refractivity contribution in [3.05, 3.63) is 16.6 Å². The molecule has 90 valence electrons. The lowest BCUT2D eigenvalue weighted by Crippen LogP contribution is -2.34. The van der Waals surface area contributed by atoms with E-state index in [2.05, 4.69) is 27.9 Å². The van der Waals surface area contributed by atoms with E-state index in [1.54, 1.807) is 11.3 Å².